The zero-order valence-corrected chi connectivity index (χ0v) is 10.6. The van der Waals surface area contributed by atoms with Gasteiger partial charge in [0.2, 0.25) is 0 Å². The minimum Gasteiger partial charge on any atom is -0.453 e. The maximum Gasteiger partial charge on any atom is 0.409 e. The summed E-state index contributed by atoms with van der Waals surface area (Å²) in [6.45, 7) is 3.08. The fraction of sp³-hybridized carbons (Fsp3) is 0.417. The van der Waals surface area contributed by atoms with Gasteiger partial charge in [-0.05, 0) is 19.1 Å². The predicted molar refractivity (Wildman–Crippen MR) is 69.2 cm³/mol. The fourth-order valence-corrected chi connectivity index (χ4v) is 1.54. The van der Waals surface area contributed by atoms with Crippen LogP contribution in [-0.2, 0) is 4.74 Å². The average molecular weight is 251 g/mol. The summed E-state index contributed by atoms with van der Waals surface area (Å²) in [5, 5.41) is 4.27. The quantitative estimate of drug-likeness (QED) is 0.574. The topological polar surface area (TPSA) is 62.2 Å². The molecule has 98 valence electrons. The van der Waals surface area contributed by atoms with Gasteiger partial charge in [0.05, 0.1) is 24.6 Å². The number of carbonyl (C=O) groups excluding carboxylic acids is 1. The zero-order chi connectivity index (χ0) is 13.4. The molecular weight excluding hydrogens is 234 g/mol. The van der Waals surface area contributed by atoms with Gasteiger partial charge in [0.1, 0.15) is 0 Å². The molecule has 18 heavy (non-hydrogen) atoms. The molecule has 0 heterocycles. The highest BCUT2D eigenvalue weighted by Gasteiger charge is 2.14. The van der Waals surface area contributed by atoms with Gasteiger partial charge in [-0.15, -0.1) is 4.91 Å². The third-order valence-corrected chi connectivity index (χ3v) is 2.55. The lowest BCUT2D eigenvalue weighted by atomic mass is 10.3. The number of ether oxygens (including phenoxy) is 1. The number of nitroso groups, excluding NO2 is 1. The fourth-order valence-electron chi connectivity index (χ4n) is 1.54. The largest absolute Gasteiger partial charge is 0.453 e. The Morgan fingerprint density at radius 3 is 2.44 bits per heavy atom. The summed E-state index contributed by atoms with van der Waals surface area (Å²) >= 11 is 0. The molecule has 0 unspecified atom stereocenters. The van der Waals surface area contributed by atoms with Crippen LogP contribution in [-0.4, -0.2) is 37.7 Å². The standard InChI is InChI=1S/C12H17N3O3/c1-3-14(12(16)18-2)9-10-15(13-17)11-7-5-4-6-8-11/h4-8H,3,9-10H2,1-2H3. The number of rotatable bonds is 6. The van der Waals surface area contributed by atoms with E-state index < -0.39 is 6.09 Å². The van der Waals surface area contributed by atoms with Crippen LogP contribution in [0, 0.1) is 4.91 Å². The average Bonchev–Trinajstić information content (AvgIpc) is 2.44. The summed E-state index contributed by atoms with van der Waals surface area (Å²) in [6.07, 6.45) is -0.406. The third-order valence-electron chi connectivity index (χ3n) is 2.55. The summed E-state index contributed by atoms with van der Waals surface area (Å²) in [7, 11) is 1.33. The van der Waals surface area contributed by atoms with Crippen molar-refractivity contribution in [1.29, 1.82) is 0 Å². The van der Waals surface area contributed by atoms with Crippen LogP contribution in [0.25, 0.3) is 0 Å². The normalized spacial score (nSPS) is 9.67. The van der Waals surface area contributed by atoms with Crippen LogP contribution in [0.5, 0.6) is 0 Å². The van der Waals surface area contributed by atoms with E-state index in [0.717, 1.165) is 0 Å². The number of benzene rings is 1. The molecule has 0 spiro atoms. The second-order valence-corrected chi connectivity index (χ2v) is 3.59. The lowest BCUT2D eigenvalue weighted by Crippen LogP contribution is -2.37. The van der Waals surface area contributed by atoms with Crippen molar-refractivity contribution >= 4 is 11.8 Å². The molecule has 0 saturated carbocycles. The van der Waals surface area contributed by atoms with E-state index >= 15 is 0 Å². The Hall–Kier alpha value is -2.11. The van der Waals surface area contributed by atoms with Crippen LogP contribution < -0.4 is 5.01 Å². The van der Waals surface area contributed by atoms with Crippen LogP contribution >= 0.6 is 0 Å². The molecule has 0 aliphatic carbocycles. The monoisotopic (exact) mass is 251 g/mol. The molecule has 0 aromatic heterocycles. The van der Waals surface area contributed by atoms with Crippen molar-refractivity contribution in [2.75, 3.05) is 31.8 Å². The van der Waals surface area contributed by atoms with Crippen molar-refractivity contribution in [3.8, 4) is 0 Å². The Kier molecular flexibility index (Phi) is 5.63. The molecule has 0 fully saturated rings. The first kappa shape index (κ1) is 14.0. The summed E-state index contributed by atoms with van der Waals surface area (Å²) in [6, 6.07) is 9.09. The van der Waals surface area contributed by atoms with E-state index in [1.54, 1.807) is 12.1 Å². The van der Waals surface area contributed by atoms with Gasteiger partial charge in [-0.2, -0.15) is 0 Å². The Bertz CT molecular complexity index is 383. The molecule has 0 N–H and O–H groups in total. The minimum absolute atomic E-state index is 0.330. The number of para-hydroxylation sites is 1. The molecule has 1 rings (SSSR count). The van der Waals surface area contributed by atoms with Gasteiger partial charge in [-0.3, -0.25) is 0 Å². The van der Waals surface area contributed by atoms with Crippen molar-refractivity contribution in [3.05, 3.63) is 35.2 Å². The number of amides is 1. The van der Waals surface area contributed by atoms with E-state index in [0.29, 0.717) is 25.3 Å². The van der Waals surface area contributed by atoms with E-state index in [4.69, 9.17) is 0 Å². The third kappa shape index (κ3) is 3.73. The van der Waals surface area contributed by atoms with Crippen molar-refractivity contribution < 1.29 is 9.53 Å². The molecule has 0 radical (unpaired) electrons. The van der Waals surface area contributed by atoms with Gasteiger partial charge in [0, 0.05) is 13.1 Å². The van der Waals surface area contributed by atoms with Gasteiger partial charge in [-0.1, -0.05) is 18.2 Å². The number of likely N-dealkylation sites (N-methyl/N-ethyl adjacent to an activating group) is 1. The van der Waals surface area contributed by atoms with Gasteiger partial charge >= 0.3 is 6.09 Å². The SMILES string of the molecule is CCN(CCN(N=O)c1ccccc1)C(=O)OC. The smallest absolute Gasteiger partial charge is 0.409 e. The Balaban J connectivity index is 2.59. The number of methoxy groups -OCH3 is 1. The Labute approximate surface area is 106 Å². The van der Waals surface area contributed by atoms with Gasteiger partial charge in [0.25, 0.3) is 0 Å². The number of hydrogen-bond donors (Lipinski definition) is 0. The highest BCUT2D eigenvalue weighted by Crippen LogP contribution is 2.13. The molecule has 1 amide bonds. The van der Waals surface area contributed by atoms with E-state index in [2.05, 4.69) is 10.0 Å². The number of anilines is 1. The van der Waals surface area contributed by atoms with Crippen molar-refractivity contribution in [2.24, 2.45) is 5.29 Å². The van der Waals surface area contributed by atoms with Crippen LogP contribution in [0.3, 0.4) is 0 Å². The van der Waals surface area contributed by atoms with Crippen LogP contribution in [0.15, 0.2) is 35.6 Å². The van der Waals surface area contributed by atoms with Gasteiger partial charge < -0.3 is 9.64 Å². The first-order valence-electron chi connectivity index (χ1n) is 5.71. The lowest BCUT2D eigenvalue weighted by Gasteiger charge is -2.22. The second-order valence-electron chi connectivity index (χ2n) is 3.59. The van der Waals surface area contributed by atoms with Gasteiger partial charge in [-0.25, -0.2) is 9.80 Å². The molecule has 0 aliphatic rings. The first-order valence-corrected chi connectivity index (χ1v) is 5.71. The number of carbonyl (C=O) groups is 1. The number of hydrogen-bond acceptors (Lipinski definition) is 4. The molecular formula is C12H17N3O3. The minimum atomic E-state index is -0.406. The lowest BCUT2D eigenvalue weighted by molar-refractivity contribution is 0.127. The molecule has 6 nitrogen and oxygen atoms in total. The van der Waals surface area contributed by atoms with Crippen LogP contribution in [0.1, 0.15) is 6.92 Å². The summed E-state index contributed by atoms with van der Waals surface area (Å²) in [4.78, 5) is 23.6. The second kappa shape index (κ2) is 7.26. The number of nitrogens with zero attached hydrogens (tertiary/aromatic N) is 3. The molecule has 0 saturated heterocycles. The van der Waals surface area contributed by atoms with Crippen molar-refractivity contribution in [2.45, 2.75) is 6.92 Å². The maximum absolute atomic E-state index is 11.4. The van der Waals surface area contributed by atoms with E-state index in [1.807, 2.05) is 25.1 Å². The molecule has 0 aliphatic heterocycles. The summed E-state index contributed by atoms with van der Waals surface area (Å²) < 4.78 is 4.63. The molecule has 0 atom stereocenters. The van der Waals surface area contributed by atoms with E-state index in [1.165, 1.54) is 17.0 Å². The summed E-state index contributed by atoms with van der Waals surface area (Å²) in [5.74, 6) is 0. The van der Waals surface area contributed by atoms with Crippen LogP contribution in [0.2, 0.25) is 0 Å². The molecule has 6 heteroatoms. The van der Waals surface area contributed by atoms with Crippen molar-refractivity contribution in [3.63, 3.8) is 0 Å². The molecule has 0 bridgehead atoms. The van der Waals surface area contributed by atoms with Gasteiger partial charge in [0.15, 0.2) is 0 Å². The Morgan fingerprint density at radius 2 is 1.94 bits per heavy atom. The highest BCUT2D eigenvalue weighted by atomic mass is 16.5. The molecule has 1 aromatic carbocycles. The molecule has 1 aromatic rings. The highest BCUT2D eigenvalue weighted by molar-refractivity contribution is 5.67. The van der Waals surface area contributed by atoms with Crippen LogP contribution in [0.4, 0.5) is 10.5 Å². The first-order chi connectivity index (χ1) is 8.72. The van der Waals surface area contributed by atoms with Crippen molar-refractivity contribution in [1.82, 2.24) is 4.90 Å². The van der Waals surface area contributed by atoms with E-state index in [9.17, 15) is 9.70 Å². The maximum atomic E-state index is 11.4. The summed E-state index contributed by atoms with van der Waals surface area (Å²) in [5.41, 5.74) is 0.702. The zero-order valence-electron chi connectivity index (χ0n) is 10.6. The Morgan fingerprint density at radius 1 is 1.28 bits per heavy atom. The predicted octanol–water partition coefficient (Wildman–Crippen LogP) is 2.26. The van der Waals surface area contributed by atoms with E-state index in [-0.39, 0.29) is 0 Å².